The molecule has 6 nitrogen and oxygen atoms in total. The summed E-state index contributed by atoms with van der Waals surface area (Å²) >= 11 is 3.17. The second-order valence-corrected chi connectivity index (χ2v) is 4.87. The van der Waals surface area contributed by atoms with Crippen molar-refractivity contribution in [2.45, 2.75) is 6.42 Å². The normalized spacial score (nSPS) is 9.65. The number of hydrogen-bond donors (Lipinski definition) is 1. The average Bonchev–Trinajstić information content (AvgIpc) is 2.42. The first kappa shape index (κ1) is 16.0. The highest BCUT2D eigenvalue weighted by Crippen LogP contribution is 2.23. The molecule has 1 aromatic rings. The molecule has 0 aliphatic heterocycles. The van der Waals surface area contributed by atoms with E-state index in [1.54, 1.807) is 13.1 Å². The molecule has 1 aromatic carbocycles. The predicted octanol–water partition coefficient (Wildman–Crippen LogP) is 1.90. The van der Waals surface area contributed by atoms with E-state index in [0.717, 1.165) is 0 Å². The molecule has 0 fully saturated rings. The first-order chi connectivity index (χ1) is 9.45. The third-order valence-corrected chi connectivity index (χ3v) is 3.00. The third kappa shape index (κ3) is 4.55. The molecule has 1 amide bonds. The van der Waals surface area contributed by atoms with E-state index in [4.69, 9.17) is 15.1 Å². The van der Waals surface area contributed by atoms with Crippen molar-refractivity contribution >= 4 is 27.8 Å². The van der Waals surface area contributed by atoms with E-state index in [0.29, 0.717) is 11.0 Å². The highest BCUT2D eigenvalue weighted by Gasteiger charge is 2.14. The number of ether oxygens (including phenoxy) is 1. The van der Waals surface area contributed by atoms with E-state index < -0.39 is 5.97 Å². The largest absolute Gasteiger partial charge is 0.483 e. The zero-order valence-electron chi connectivity index (χ0n) is 10.8. The van der Waals surface area contributed by atoms with Gasteiger partial charge in [-0.1, -0.05) is 15.9 Å². The number of hydrogen-bond acceptors (Lipinski definition) is 4. The molecule has 0 aliphatic carbocycles. The van der Waals surface area contributed by atoms with Gasteiger partial charge in [-0.2, -0.15) is 5.26 Å². The van der Waals surface area contributed by atoms with Crippen molar-refractivity contribution in [3.05, 3.63) is 28.2 Å². The monoisotopic (exact) mass is 340 g/mol. The van der Waals surface area contributed by atoms with Crippen LogP contribution in [0.5, 0.6) is 5.75 Å². The predicted molar refractivity (Wildman–Crippen MR) is 74.5 cm³/mol. The Balaban J connectivity index is 2.68. The molecule has 0 saturated heterocycles. The summed E-state index contributed by atoms with van der Waals surface area (Å²) in [4.78, 5) is 24.1. The smallest absolute Gasteiger partial charge is 0.339 e. The molecule has 0 spiro atoms. The van der Waals surface area contributed by atoms with E-state index in [-0.39, 0.29) is 30.2 Å². The minimum atomic E-state index is -1.13. The van der Waals surface area contributed by atoms with Crippen LogP contribution in [0.25, 0.3) is 0 Å². The van der Waals surface area contributed by atoms with Crippen LogP contribution in [0.3, 0.4) is 0 Å². The van der Waals surface area contributed by atoms with Gasteiger partial charge in [0.1, 0.15) is 11.3 Å². The number of carboxylic acid groups (broad SMARTS) is 1. The van der Waals surface area contributed by atoms with Crippen LogP contribution in [-0.2, 0) is 4.79 Å². The summed E-state index contributed by atoms with van der Waals surface area (Å²) in [6.45, 7) is 0.0364. The van der Waals surface area contributed by atoms with Crippen LogP contribution in [0.15, 0.2) is 22.7 Å². The van der Waals surface area contributed by atoms with Gasteiger partial charge in [-0.05, 0) is 18.2 Å². The molecule has 106 valence electrons. The summed E-state index contributed by atoms with van der Waals surface area (Å²) < 4.78 is 5.85. The maximum absolute atomic E-state index is 11.7. The molecule has 0 unspecified atom stereocenters. The fourth-order valence-corrected chi connectivity index (χ4v) is 1.75. The fraction of sp³-hybridized carbons (Fsp3) is 0.308. The van der Waals surface area contributed by atoms with Gasteiger partial charge in [0, 0.05) is 18.1 Å². The first-order valence-corrected chi connectivity index (χ1v) is 6.51. The van der Waals surface area contributed by atoms with Crippen molar-refractivity contribution in [2.75, 3.05) is 20.2 Å². The SMILES string of the molecule is CN(CCC#N)C(=O)COc1ccc(Br)cc1C(=O)O. The number of carboxylic acids is 1. The minimum Gasteiger partial charge on any atom is -0.483 e. The lowest BCUT2D eigenvalue weighted by Gasteiger charge is -2.16. The standard InChI is InChI=1S/C13H13BrN2O4/c1-16(6-2-5-15)12(17)8-20-11-4-3-9(14)7-10(11)13(18)19/h3-4,7H,2,6,8H2,1H3,(H,18,19). The first-order valence-electron chi connectivity index (χ1n) is 5.72. The second kappa shape index (κ2) is 7.50. The minimum absolute atomic E-state index is 0.0214. The third-order valence-electron chi connectivity index (χ3n) is 2.51. The number of aromatic carboxylic acids is 1. The quantitative estimate of drug-likeness (QED) is 0.853. The van der Waals surface area contributed by atoms with Crippen molar-refractivity contribution in [1.82, 2.24) is 4.90 Å². The van der Waals surface area contributed by atoms with Gasteiger partial charge in [0.05, 0.1) is 12.5 Å². The number of benzene rings is 1. The van der Waals surface area contributed by atoms with Gasteiger partial charge in [-0.25, -0.2) is 4.79 Å². The van der Waals surface area contributed by atoms with Gasteiger partial charge in [0.2, 0.25) is 0 Å². The molecule has 1 N–H and O–H groups in total. The molecule has 0 saturated carbocycles. The Kier molecular flexibility index (Phi) is 6.00. The van der Waals surface area contributed by atoms with Crippen molar-refractivity contribution in [3.63, 3.8) is 0 Å². The van der Waals surface area contributed by atoms with E-state index in [1.165, 1.54) is 17.0 Å². The van der Waals surface area contributed by atoms with Crippen molar-refractivity contribution < 1.29 is 19.4 Å². The lowest BCUT2D eigenvalue weighted by atomic mass is 10.2. The van der Waals surface area contributed by atoms with Gasteiger partial charge >= 0.3 is 5.97 Å². The molecule has 20 heavy (non-hydrogen) atoms. The number of likely N-dealkylation sites (N-methyl/N-ethyl adjacent to an activating group) is 1. The van der Waals surface area contributed by atoms with Gasteiger partial charge in [0.25, 0.3) is 5.91 Å². The molecule has 0 aromatic heterocycles. The van der Waals surface area contributed by atoms with Gasteiger partial charge in [-0.3, -0.25) is 4.79 Å². The van der Waals surface area contributed by atoms with Crippen molar-refractivity contribution in [2.24, 2.45) is 0 Å². The van der Waals surface area contributed by atoms with Crippen LogP contribution in [0.1, 0.15) is 16.8 Å². The molecule has 7 heteroatoms. The molecule has 0 aliphatic rings. The Labute approximate surface area is 124 Å². The van der Waals surface area contributed by atoms with Crippen molar-refractivity contribution in [3.8, 4) is 11.8 Å². The van der Waals surface area contributed by atoms with E-state index in [9.17, 15) is 9.59 Å². The van der Waals surface area contributed by atoms with Crippen LogP contribution < -0.4 is 4.74 Å². The number of halogens is 1. The molecule has 1 rings (SSSR count). The fourth-order valence-electron chi connectivity index (χ4n) is 1.39. The molecule has 0 radical (unpaired) electrons. The Bertz CT molecular complexity index is 554. The number of carbonyl (C=O) groups excluding carboxylic acids is 1. The van der Waals surface area contributed by atoms with E-state index in [2.05, 4.69) is 15.9 Å². The molecule has 0 heterocycles. The Hall–Kier alpha value is -2.07. The van der Waals surface area contributed by atoms with Gasteiger partial charge in [-0.15, -0.1) is 0 Å². The van der Waals surface area contributed by atoms with Gasteiger partial charge in [0.15, 0.2) is 6.61 Å². The van der Waals surface area contributed by atoms with Crippen LogP contribution >= 0.6 is 15.9 Å². The zero-order chi connectivity index (χ0) is 15.1. The Morgan fingerprint density at radius 1 is 1.50 bits per heavy atom. The summed E-state index contributed by atoms with van der Waals surface area (Å²) in [6.07, 6.45) is 0.237. The molecule has 0 atom stereocenters. The highest BCUT2D eigenvalue weighted by molar-refractivity contribution is 9.10. The summed E-state index contributed by atoms with van der Waals surface area (Å²) in [6, 6.07) is 6.46. The van der Waals surface area contributed by atoms with E-state index >= 15 is 0 Å². The van der Waals surface area contributed by atoms with Crippen LogP contribution in [0.2, 0.25) is 0 Å². The lowest BCUT2D eigenvalue weighted by Crippen LogP contribution is -2.32. The van der Waals surface area contributed by atoms with Crippen LogP contribution in [0.4, 0.5) is 0 Å². The Morgan fingerprint density at radius 2 is 2.20 bits per heavy atom. The topological polar surface area (TPSA) is 90.6 Å². The van der Waals surface area contributed by atoms with Crippen molar-refractivity contribution in [1.29, 1.82) is 5.26 Å². The maximum Gasteiger partial charge on any atom is 0.339 e. The Morgan fingerprint density at radius 3 is 2.80 bits per heavy atom. The highest BCUT2D eigenvalue weighted by atomic mass is 79.9. The summed E-state index contributed by atoms with van der Waals surface area (Å²) in [7, 11) is 1.56. The van der Waals surface area contributed by atoms with E-state index in [1.807, 2.05) is 6.07 Å². The second-order valence-electron chi connectivity index (χ2n) is 3.96. The summed E-state index contributed by atoms with van der Waals surface area (Å²) in [5.41, 5.74) is -0.0214. The number of amides is 1. The van der Waals surface area contributed by atoms with Crippen LogP contribution in [-0.4, -0.2) is 42.1 Å². The molecular weight excluding hydrogens is 328 g/mol. The number of rotatable bonds is 6. The van der Waals surface area contributed by atoms with Crippen LogP contribution in [0, 0.1) is 11.3 Å². The molecule has 0 bridgehead atoms. The summed E-state index contributed by atoms with van der Waals surface area (Å²) in [5.74, 6) is -1.33. The number of nitriles is 1. The number of nitrogens with zero attached hydrogens (tertiary/aromatic N) is 2. The lowest BCUT2D eigenvalue weighted by molar-refractivity contribution is -0.132. The maximum atomic E-state index is 11.7. The zero-order valence-corrected chi connectivity index (χ0v) is 12.4. The van der Waals surface area contributed by atoms with Gasteiger partial charge < -0.3 is 14.7 Å². The number of carbonyl (C=O) groups is 2. The molecular formula is C13H13BrN2O4. The summed E-state index contributed by atoms with van der Waals surface area (Å²) in [5, 5.41) is 17.5. The average molecular weight is 341 g/mol.